The van der Waals surface area contributed by atoms with Crippen molar-refractivity contribution in [3.8, 4) is 0 Å². The smallest absolute Gasteiger partial charge is 0.0657 e. The molecule has 1 aromatic carbocycles. The maximum absolute atomic E-state index is 10.6. The van der Waals surface area contributed by atoms with E-state index in [-0.39, 0.29) is 5.41 Å². The molecule has 1 atom stereocenters. The summed E-state index contributed by atoms with van der Waals surface area (Å²) in [4.78, 5) is 0. The maximum Gasteiger partial charge on any atom is 0.0657 e. The van der Waals surface area contributed by atoms with Crippen molar-refractivity contribution < 1.29 is 5.11 Å². The summed E-state index contributed by atoms with van der Waals surface area (Å²) in [5.74, 6) is 0. The van der Waals surface area contributed by atoms with Crippen LogP contribution < -0.4 is 5.73 Å². The summed E-state index contributed by atoms with van der Waals surface area (Å²) in [6.45, 7) is 2.60. The molecule has 0 saturated heterocycles. The summed E-state index contributed by atoms with van der Waals surface area (Å²) in [5.41, 5.74) is 6.66. The van der Waals surface area contributed by atoms with Gasteiger partial charge in [0.2, 0.25) is 0 Å². The van der Waals surface area contributed by atoms with Crippen LogP contribution in [0.2, 0.25) is 5.02 Å². The average Bonchev–Trinajstić information content (AvgIpc) is 2.40. The first-order chi connectivity index (χ1) is 9.53. The lowest BCUT2D eigenvalue weighted by molar-refractivity contribution is 0.00762. The molecule has 0 aliphatic heterocycles. The second-order valence-electron chi connectivity index (χ2n) is 6.26. The van der Waals surface area contributed by atoms with Crippen LogP contribution in [0, 0.1) is 0 Å². The van der Waals surface area contributed by atoms with E-state index in [1.165, 1.54) is 24.8 Å². The van der Waals surface area contributed by atoms with Gasteiger partial charge in [-0.15, -0.1) is 0 Å². The Hall–Kier alpha value is -0.570. The average molecular weight is 296 g/mol. The first kappa shape index (κ1) is 15.8. The topological polar surface area (TPSA) is 46.2 Å². The van der Waals surface area contributed by atoms with Crippen LogP contribution >= 0.6 is 11.6 Å². The lowest BCUT2D eigenvalue weighted by Crippen LogP contribution is -2.39. The Bertz CT molecular complexity index is 427. The molecule has 2 nitrogen and oxygen atoms in total. The summed E-state index contributed by atoms with van der Waals surface area (Å²) in [7, 11) is 0. The highest BCUT2D eigenvalue weighted by molar-refractivity contribution is 6.30. The van der Waals surface area contributed by atoms with Crippen molar-refractivity contribution in [2.45, 2.75) is 62.9 Å². The van der Waals surface area contributed by atoms with Gasteiger partial charge in [-0.05, 0) is 68.2 Å². The van der Waals surface area contributed by atoms with E-state index in [0.29, 0.717) is 13.0 Å². The Labute approximate surface area is 127 Å². The summed E-state index contributed by atoms with van der Waals surface area (Å²) in [6.07, 6.45) is 7.07. The van der Waals surface area contributed by atoms with Crippen LogP contribution in [0.15, 0.2) is 24.3 Å². The van der Waals surface area contributed by atoms with Crippen molar-refractivity contribution in [3.05, 3.63) is 34.9 Å². The first-order valence-electron chi connectivity index (χ1n) is 7.72. The quantitative estimate of drug-likeness (QED) is 0.798. The van der Waals surface area contributed by atoms with Crippen LogP contribution in [0.1, 0.15) is 57.4 Å². The molecule has 3 heteroatoms. The van der Waals surface area contributed by atoms with Gasteiger partial charge in [0.25, 0.3) is 0 Å². The van der Waals surface area contributed by atoms with E-state index in [1.807, 2.05) is 19.1 Å². The van der Waals surface area contributed by atoms with Crippen molar-refractivity contribution in [2.75, 3.05) is 6.54 Å². The molecule has 0 aromatic heterocycles. The zero-order chi connectivity index (χ0) is 14.6. The molecule has 1 fully saturated rings. The van der Waals surface area contributed by atoms with Crippen molar-refractivity contribution in [1.82, 2.24) is 0 Å². The van der Waals surface area contributed by atoms with E-state index >= 15 is 0 Å². The van der Waals surface area contributed by atoms with Gasteiger partial charge < -0.3 is 10.8 Å². The van der Waals surface area contributed by atoms with Gasteiger partial charge in [0.15, 0.2) is 0 Å². The summed E-state index contributed by atoms with van der Waals surface area (Å²) < 4.78 is 0. The Morgan fingerprint density at radius 2 is 1.90 bits per heavy atom. The van der Waals surface area contributed by atoms with E-state index in [0.717, 1.165) is 24.3 Å². The molecule has 112 valence electrons. The van der Waals surface area contributed by atoms with Crippen molar-refractivity contribution in [3.63, 3.8) is 0 Å². The molecular formula is C17H26ClNO. The number of benzene rings is 1. The minimum Gasteiger partial charge on any atom is -0.390 e. The molecule has 0 heterocycles. The van der Waals surface area contributed by atoms with Crippen LogP contribution in [0.25, 0.3) is 0 Å². The van der Waals surface area contributed by atoms with Gasteiger partial charge in [0, 0.05) is 5.02 Å². The molecule has 0 radical (unpaired) electrons. The number of nitrogens with two attached hydrogens (primary N) is 1. The molecular weight excluding hydrogens is 270 g/mol. The van der Waals surface area contributed by atoms with Crippen LogP contribution in [-0.2, 0) is 5.41 Å². The van der Waals surface area contributed by atoms with Crippen LogP contribution in [0.5, 0.6) is 0 Å². The Kier molecular flexibility index (Phi) is 5.11. The molecule has 0 amide bonds. The predicted molar refractivity (Wildman–Crippen MR) is 85.1 cm³/mol. The minimum absolute atomic E-state index is 0.252. The zero-order valence-electron chi connectivity index (χ0n) is 12.4. The van der Waals surface area contributed by atoms with Gasteiger partial charge in [-0.2, -0.15) is 0 Å². The van der Waals surface area contributed by atoms with Crippen molar-refractivity contribution in [1.29, 1.82) is 0 Å². The summed E-state index contributed by atoms with van der Waals surface area (Å²) in [5, 5.41) is 11.4. The van der Waals surface area contributed by atoms with Gasteiger partial charge >= 0.3 is 0 Å². The molecule has 20 heavy (non-hydrogen) atoms. The normalized spacial score (nSPS) is 20.2. The molecule has 2 rings (SSSR count). The monoisotopic (exact) mass is 295 g/mol. The van der Waals surface area contributed by atoms with Gasteiger partial charge in [-0.1, -0.05) is 37.1 Å². The lowest BCUT2D eigenvalue weighted by Gasteiger charge is -2.44. The van der Waals surface area contributed by atoms with Gasteiger partial charge in [0.05, 0.1) is 5.60 Å². The van der Waals surface area contributed by atoms with E-state index in [1.54, 1.807) is 0 Å². The molecule has 1 aromatic rings. The Morgan fingerprint density at radius 1 is 1.25 bits per heavy atom. The molecule has 3 N–H and O–H groups in total. The fourth-order valence-corrected chi connectivity index (χ4v) is 3.44. The number of halogens is 1. The van der Waals surface area contributed by atoms with E-state index in [4.69, 9.17) is 17.3 Å². The third-order valence-corrected chi connectivity index (χ3v) is 5.36. The Balaban J connectivity index is 2.06. The van der Waals surface area contributed by atoms with Crippen LogP contribution in [0.3, 0.4) is 0 Å². The molecule has 1 aliphatic rings. The van der Waals surface area contributed by atoms with E-state index < -0.39 is 5.60 Å². The third kappa shape index (κ3) is 3.36. The standard InChI is InChI=1S/C17H26ClNO/c1-2-17(20,12-13-19)11-10-16(8-3-9-16)14-4-6-15(18)7-5-14/h4-7,20H,2-3,8-13,19H2,1H3. The van der Waals surface area contributed by atoms with Gasteiger partial charge in [-0.3, -0.25) is 0 Å². The minimum atomic E-state index is -0.593. The van der Waals surface area contributed by atoms with E-state index in [2.05, 4.69) is 12.1 Å². The largest absolute Gasteiger partial charge is 0.390 e. The number of rotatable bonds is 7. The highest BCUT2D eigenvalue weighted by Crippen LogP contribution is 2.48. The molecule has 0 bridgehead atoms. The molecule has 0 spiro atoms. The second-order valence-corrected chi connectivity index (χ2v) is 6.69. The van der Waals surface area contributed by atoms with Crippen LogP contribution in [-0.4, -0.2) is 17.3 Å². The summed E-state index contributed by atoms with van der Waals surface area (Å²) in [6, 6.07) is 8.25. The van der Waals surface area contributed by atoms with Crippen molar-refractivity contribution >= 4 is 11.6 Å². The highest BCUT2D eigenvalue weighted by Gasteiger charge is 2.40. The number of aliphatic hydroxyl groups is 1. The number of hydrogen-bond donors (Lipinski definition) is 2. The summed E-state index contributed by atoms with van der Waals surface area (Å²) >= 11 is 5.98. The van der Waals surface area contributed by atoms with Crippen molar-refractivity contribution in [2.24, 2.45) is 5.73 Å². The number of hydrogen-bond acceptors (Lipinski definition) is 2. The fourth-order valence-electron chi connectivity index (χ4n) is 3.31. The molecule has 1 aliphatic carbocycles. The predicted octanol–water partition coefficient (Wildman–Crippen LogP) is 4.03. The van der Waals surface area contributed by atoms with Gasteiger partial charge in [0.1, 0.15) is 0 Å². The molecule has 1 saturated carbocycles. The third-order valence-electron chi connectivity index (χ3n) is 5.10. The fraction of sp³-hybridized carbons (Fsp3) is 0.647. The maximum atomic E-state index is 10.6. The second kappa shape index (κ2) is 6.46. The SMILES string of the molecule is CCC(O)(CCN)CCC1(c2ccc(Cl)cc2)CCC1. The lowest BCUT2D eigenvalue weighted by atomic mass is 9.61. The van der Waals surface area contributed by atoms with Crippen LogP contribution in [0.4, 0.5) is 0 Å². The van der Waals surface area contributed by atoms with E-state index in [9.17, 15) is 5.11 Å². The van der Waals surface area contributed by atoms with Gasteiger partial charge in [-0.25, -0.2) is 0 Å². The Morgan fingerprint density at radius 3 is 2.35 bits per heavy atom. The highest BCUT2D eigenvalue weighted by atomic mass is 35.5. The first-order valence-corrected chi connectivity index (χ1v) is 8.10. The zero-order valence-corrected chi connectivity index (χ0v) is 13.1. The molecule has 1 unspecified atom stereocenters.